The fourth-order valence-electron chi connectivity index (χ4n) is 1.95. The van der Waals surface area contributed by atoms with Crippen LogP contribution in [-0.4, -0.2) is 104 Å². The second kappa shape index (κ2) is 8.24. The average molecular weight is 326 g/mol. The Balaban J connectivity index is 2.52. The lowest BCUT2D eigenvalue weighted by molar-refractivity contribution is -0.299. The van der Waals surface area contributed by atoms with Gasteiger partial charge in [-0.3, -0.25) is 0 Å². The van der Waals surface area contributed by atoms with Gasteiger partial charge in [0.05, 0.1) is 12.7 Å². The molecule has 0 aromatic carbocycles. The SMILES string of the molecule is C[C@H]1O[C@@H](OC[C@@H](O)[C@@H](O)[C@H](O)[C@@H](O)C=O)[C@H](O)[C@@H](O)[C@H]1O. The minimum atomic E-state index is -1.92. The molecule has 0 amide bonds. The normalized spacial score (nSPS) is 38.1. The Morgan fingerprint density at radius 1 is 1.05 bits per heavy atom. The van der Waals surface area contributed by atoms with Gasteiger partial charge in [0, 0.05) is 0 Å². The van der Waals surface area contributed by atoms with Gasteiger partial charge in [-0.1, -0.05) is 0 Å². The predicted molar refractivity (Wildman–Crippen MR) is 68.4 cm³/mol. The largest absolute Gasteiger partial charge is 0.388 e. The first-order chi connectivity index (χ1) is 10.2. The highest BCUT2D eigenvalue weighted by Gasteiger charge is 2.43. The lowest BCUT2D eigenvalue weighted by Gasteiger charge is -2.39. The molecule has 0 saturated carbocycles. The molecule has 0 aromatic heterocycles. The third kappa shape index (κ3) is 4.41. The fourth-order valence-corrected chi connectivity index (χ4v) is 1.95. The van der Waals surface area contributed by atoms with Crippen LogP contribution in [0.4, 0.5) is 0 Å². The summed E-state index contributed by atoms with van der Waals surface area (Å²) in [6, 6.07) is 0. The zero-order valence-electron chi connectivity index (χ0n) is 11.8. The van der Waals surface area contributed by atoms with Gasteiger partial charge >= 0.3 is 0 Å². The topological polar surface area (TPSA) is 177 Å². The van der Waals surface area contributed by atoms with Gasteiger partial charge in [-0.25, -0.2) is 0 Å². The standard InChI is InChI=1S/C12H22O10/c1-4-7(16)10(19)11(20)12(22-4)21-3-6(15)9(18)8(17)5(14)2-13/h2,4-12,14-20H,3H2,1H3/t4-,5+,6-,7+,8-,9-,10+,11-,12-/m1/s1. The zero-order valence-corrected chi connectivity index (χ0v) is 11.8. The first kappa shape index (κ1) is 19.4. The van der Waals surface area contributed by atoms with Crippen molar-refractivity contribution in [2.45, 2.75) is 62.0 Å². The Bertz CT molecular complexity index is 353. The first-order valence-corrected chi connectivity index (χ1v) is 6.69. The van der Waals surface area contributed by atoms with Crippen LogP contribution in [0.15, 0.2) is 0 Å². The molecule has 0 unspecified atom stereocenters. The van der Waals surface area contributed by atoms with Crippen molar-refractivity contribution >= 4 is 6.29 Å². The molecule has 0 spiro atoms. The van der Waals surface area contributed by atoms with Crippen molar-refractivity contribution < 1.29 is 50.0 Å². The van der Waals surface area contributed by atoms with Crippen LogP contribution in [0.25, 0.3) is 0 Å². The summed E-state index contributed by atoms with van der Waals surface area (Å²) >= 11 is 0. The lowest BCUT2D eigenvalue weighted by atomic mass is 10.00. The maximum atomic E-state index is 10.3. The van der Waals surface area contributed by atoms with Crippen LogP contribution in [0, 0.1) is 0 Å². The van der Waals surface area contributed by atoms with Crippen LogP contribution < -0.4 is 0 Å². The Morgan fingerprint density at radius 3 is 2.18 bits per heavy atom. The summed E-state index contributed by atoms with van der Waals surface area (Å²) in [5.74, 6) is 0. The first-order valence-electron chi connectivity index (χ1n) is 6.69. The van der Waals surface area contributed by atoms with E-state index in [1.807, 2.05) is 0 Å². The molecule has 0 aliphatic carbocycles. The van der Waals surface area contributed by atoms with E-state index < -0.39 is 61.7 Å². The number of aliphatic hydroxyl groups excluding tert-OH is 7. The van der Waals surface area contributed by atoms with Gasteiger partial charge < -0.3 is 50.0 Å². The second-order valence-electron chi connectivity index (χ2n) is 5.19. The molecule has 1 rings (SSSR count). The maximum absolute atomic E-state index is 10.3. The highest BCUT2D eigenvalue weighted by Crippen LogP contribution is 2.22. The van der Waals surface area contributed by atoms with Gasteiger partial charge in [-0.2, -0.15) is 0 Å². The lowest BCUT2D eigenvalue weighted by Crippen LogP contribution is -2.58. The molecular formula is C12H22O10. The second-order valence-corrected chi connectivity index (χ2v) is 5.19. The number of aliphatic hydroxyl groups is 7. The number of hydrogen-bond donors (Lipinski definition) is 7. The molecule has 7 N–H and O–H groups in total. The van der Waals surface area contributed by atoms with Crippen LogP contribution >= 0.6 is 0 Å². The Labute approximate surface area is 126 Å². The van der Waals surface area contributed by atoms with Crippen molar-refractivity contribution in [1.29, 1.82) is 0 Å². The molecule has 0 radical (unpaired) electrons. The van der Waals surface area contributed by atoms with Crippen molar-refractivity contribution in [3.63, 3.8) is 0 Å². The smallest absolute Gasteiger partial charge is 0.186 e. The van der Waals surface area contributed by atoms with Crippen molar-refractivity contribution in [1.82, 2.24) is 0 Å². The molecule has 0 bridgehead atoms. The summed E-state index contributed by atoms with van der Waals surface area (Å²) in [4.78, 5) is 10.3. The molecule has 1 saturated heterocycles. The Kier molecular flexibility index (Phi) is 7.25. The van der Waals surface area contributed by atoms with Gasteiger partial charge in [0.25, 0.3) is 0 Å². The van der Waals surface area contributed by atoms with Crippen molar-refractivity contribution in [3.05, 3.63) is 0 Å². The fraction of sp³-hybridized carbons (Fsp3) is 0.917. The molecule has 1 fully saturated rings. The summed E-state index contributed by atoms with van der Waals surface area (Å²) in [5.41, 5.74) is 0. The van der Waals surface area contributed by atoms with Crippen molar-refractivity contribution in [2.24, 2.45) is 0 Å². The monoisotopic (exact) mass is 326 g/mol. The summed E-state index contributed by atoms with van der Waals surface area (Å²) < 4.78 is 10.1. The third-order valence-corrected chi connectivity index (χ3v) is 3.47. The zero-order chi connectivity index (χ0) is 17.0. The number of ether oxygens (including phenoxy) is 2. The molecule has 1 aliphatic rings. The average Bonchev–Trinajstić information content (AvgIpc) is 2.52. The van der Waals surface area contributed by atoms with E-state index >= 15 is 0 Å². The van der Waals surface area contributed by atoms with Crippen LogP contribution in [0.3, 0.4) is 0 Å². The number of hydrogen-bond acceptors (Lipinski definition) is 10. The van der Waals surface area contributed by atoms with E-state index in [0.717, 1.165) is 0 Å². The minimum Gasteiger partial charge on any atom is -0.388 e. The van der Waals surface area contributed by atoms with Gasteiger partial charge in [0.15, 0.2) is 12.6 Å². The Hall–Kier alpha value is -0.690. The number of aldehydes is 1. The van der Waals surface area contributed by atoms with Crippen LogP contribution in [0.2, 0.25) is 0 Å². The van der Waals surface area contributed by atoms with Crippen LogP contribution in [0.5, 0.6) is 0 Å². The van der Waals surface area contributed by atoms with Crippen LogP contribution in [-0.2, 0) is 14.3 Å². The maximum Gasteiger partial charge on any atom is 0.186 e. The van der Waals surface area contributed by atoms with E-state index in [2.05, 4.69) is 0 Å². The van der Waals surface area contributed by atoms with Gasteiger partial charge in [0.1, 0.15) is 42.7 Å². The molecule has 9 atom stereocenters. The van der Waals surface area contributed by atoms with E-state index in [9.17, 15) is 35.4 Å². The Morgan fingerprint density at radius 2 is 1.64 bits per heavy atom. The molecule has 1 heterocycles. The molecule has 10 nitrogen and oxygen atoms in total. The third-order valence-electron chi connectivity index (χ3n) is 3.47. The van der Waals surface area contributed by atoms with Gasteiger partial charge in [0.2, 0.25) is 0 Å². The van der Waals surface area contributed by atoms with E-state index in [1.165, 1.54) is 6.92 Å². The predicted octanol–water partition coefficient (Wildman–Crippen LogP) is -4.53. The molecule has 10 heteroatoms. The van der Waals surface area contributed by atoms with E-state index in [1.54, 1.807) is 0 Å². The molecule has 22 heavy (non-hydrogen) atoms. The molecule has 1 aliphatic heterocycles. The summed E-state index contributed by atoms with van der Waals surface area (Å²) in [6.45, 7) is 0.812. The number of carbonyl (C=O) groups excluding carboxylic acids is 1. The van der Waals surface area contributed by atoms with E-state index in [4.69, 9.17) is 14.6 Å². The summed E-state index contributed by atoms with van der Waals surface area (Å²) in [7, 11) is 0. The highest BCUT2D eigenvalue weighted by atomic mass is 16.7. The summed E-state index contributed by atoms with van der Waals surface area (Å²) in [6.07, 6.45) is -14.0. The van der Waals surface area contributed by atoms with E-state index in [0.29, 0.717) is 0 Å². The highest BCUT2D eigenvalue weighted by molar-refractivity contribution is 5.56. The van der Waals surface area contributed by atoms with Crippen molar-refractivity contribution in [2.75, 3.05) is 6.61 Å². The quantitative estimate of drug-likeness (QED) is 0.225. The molecule has 0 aromatic rings. The van der Waals surface area contributed by atoms with Crippen LogP contribution in [0.1, 0.15) is 6.92 Å². The summed E-state index contributed by atoms with van der Waals surface area (Å²) in [5, 5.41) is 66.3. The minimum absolute atomic E-state index is 0.00507. The van der Waals surface area contributed by atoms with Gasteiger partial charge in [-0.05, 0) is 6.92 Å². The number of rotatable bonds is 7. The van der Waals surface area contributed by atoms with E-state index in [-0.39, 0.29) is 6.29 Å². The molecular weight excluding hydrogens is 304 g/mol. The molecule has 130 valence electrons. The number of carbonyl (C=O) groups is 1. The van der Waals surface area contributed by atoms with Gasteiger partial charge in [-0.15, -0.1) is 0 Å². The van der Waals surface area contributed by atoms with Crippen molar-refractivity contribution in [3.8, 4) is 0 Å².